The average molecular weight is 224 g/mol. The summed E-state index contributed by atoms with van der Waals surface area (Å²) >= 11 is 0. The average Bonchev–Trinajstić information content (AvgIpc) is 2.19. The number of carboxylic acids is 1. The Balaban J connectivity index is 3.00. The number of hydrogen-bond acceptors (Lipinski definition) is 4. The molecule has 0 saturated heterocycles. The lowest BCUT2D eigenvalue weighted by Gasteiger charge is -2.11. The minimum absolute atomic E-state index is 0.105. The van der Waals surface area contributed by atoms with Gasteiger partial charge in [-0.1, -0.05) is 0 Å². The van der Waals surface area contributed by atoms with Gasteiger partial charge in [-0.25, -0.2) is 4.79 Å². The molecule has 1 rings (SSSR count). The zero-order valence-corrected chi connectivity index (χ0v) is 9.40. The van der Waals surface area contributed by atoms with Gasteiger partial charge in [0.15, 0.2) is 5.75 Å². The first kappa shape index (κ1) is 12.3. The Morgan fingerprint density at radius 1 is 1.44 bits per heavy atom. The van der Waals surface area contributed by atoms with Gasteiger partial charge in [0.25, 0.3) is 0 Å². The van der Waals surface area contributed by atoms with Crippen LogP contribution in [0.15, 0.2) is 12.1 Å². The van der Waals surface area contributed by atoms with Crippen molar-refractivity contribution in [3.63, 3.8) is 0 Å². The fourth-order valence-corrected chi connectivity index (χ4v) is 1.38. The number of anilines is 1. The van der Waals surface area contributed by atoms with Crippen molar-refractivity contribution < 1.29 is 15.0 Å². The molecule has 0 saturated carbocycles. The van der Waals surface area contributed by atoms with Crippen molar-refractivity contribution in [2.45, 2.75) is 6.42 Å². The van der Waals surface area contributed by atoms with Gasteiger partial charge in [0.05, 0.1) is 5.69 Å². The number of aromatic hydroxyl groups is 1. The van der Waals surface area contributed by atoms with Crippen LogP contribution in [0, 0.1) is 0 Å². The van der Waals surface area contributed by atoms with Crippen LogP contribution in [0.3, 0.4) is 0 Å². The van der Waals surface area contributed by atoms with E-state index in [-0.39, 0.29) is 17.0 Å². The summed E-state index contributed by atoms with van der Waals surface area (Å²) in [5, 5.41) is 18.3. The molecule has 5 nitrogen and oxygen atoms in total. The first-order valence-corrected chi connectivity index (χ1v) is 4.91. The molecule has 88 valence electrons. The van der Waals surface area contributed by atoms with E-state index in [0.29, 0.717) is 6.42 Å². The summed E-state index contributed by atoms with van der Waals surface area (Å²) in [5.41, 5.74) is 6.31. The molecule has 0 aliphatic heterocycles. The smallest absolute Gasteiger partial charge is 0.339 e. The standard InChI is InChI=1S/C11H16N2O3/c1-13(2)4-3-7-5-8(11(15)16)10(14)9(12)6-7/h5-6,14H,3-4,12H2,1-2H3,(H,15,16). The Morgan fingerprint density at radius 3 is 2.56 bits per heavy atom. The van der Waals surface area contributed by atoms with E-state index in [2.05, 4.69) is 0 Å². The predicted octanol–water partition coefficient (Wildman–Crippen LogP) is 0.777. The van der Waals surface area contributed by atoms with Crippen LogP contribution in [0.5, 0.6) is 5.75 Å². The van der Waals surface area contributed by atoms with Gasteiger partial charge in [0, 0.05) is 6.54 Å². The van der Waals surface area contributed by atoms with E-state index in [9.17, 15) is 9.90 Å². The fourth-order valence-electron chi connectivity index (χ4n) is 1.38. The Labute approximate surface area is 94.1 Å². The molecule has 0 aromatic heterocycles. The molecule has 0 unspecified atom stereocenters. The van der Waals surface area contributed by atoms with Gasteiger partial charge in [-0.15, -0.1) is 0 Å². The SMILES string of the molecule is CN(C)CCc1cc(N)c(O)c(C(=O)O)c1. The number of nitrogen functional groups attached to an aromatic ring is 1. The van der Waals surface area contributed by atoms with Crippen LogP contribution < -0.4 is 5.73 Å². The molecule has 0 atom stereocenters. The number of aromatic carboxylic acids is 1. The van der Waals surface area contributed by atoms with E-state index in [4.69, 9.17) is 10.8 Å². The van der Waals surface area contributed by atoms with Crippen molar-refractivity contribution in [2.24, 2.45) is 0 Å². The molecule has 4 N–H and O–H groups in total. The number of nitrogens with two attached hydrogens (primary N) is 1. The Hall–Kier alpha value is -1.75. The molecular formula is C11H16N2O3. The molecule has 0 spiro atoms. The van der Waals surface area contributed by atoms with Crippen molar-refractivity contribution >= 4 is 11.7 Å². The summed E-state index contributed by atoms with van der Waals surface area (Å²) in [6.45, 7) is 0.795. The molecule has 0 bridgehead atoms. The number of carboxylic acid groups (broad SMARTS) is 1. The van der Waals surface area contributed by atoms with Crippen LogP contribution in [-0.4, -0.2) is 41.7 Å². The maximum absolute atomic E-state index is 10.8. The molecule has 0 fully saturated rings. The topological polar surface area (TPSA) is 86.8 Å². The number of hydrogen-bond donors (Lipinski definition) is 3. The lowest BCUT2D eigenvalue weighted by atomic mass is 10.1. The van der Waals surface area contributed by atoms with Crippen molar-refractivity contribution in [1.82, 2.24) is 4.90 Å². The third-order valence-corrected chi connectivity index (χ3v) is 2.28. The highest BCUT2D eigenvalue weighted by molar-refractivity contribution is 5.93. The molecular weight excluding hydrogens is 208 g/mol. The minimum Gasteiger partial charge on any atom is -0.505 e. The number of likely N-dealkylation sites (N-methyl/N-ethyl adjacent to an activating group) is 1. The molecule has 0 heterocycles. The van der Waals surface area contributed by atoms with Crippen LogP contribution in [0.1, 0.15) is 15.9 Å². The predicted molar refractivity (Wildman–Crippen MR) is 61.7 cm³/mol. The molecule has 1 aromatic carbocycles. The van der Waals surface area contributed by atoms with Gasteiger partial charge in [0.1, 0.15) is 5.56 Å². The summed E-state index contributed by atoms with van der Waals surface area (Å²) in [4.78, 5) is 12.8. The van der Waals surface area contributed by atoms with Crippen molar-refractivity contribution in [2.75, 3.05) is 26.4 Å². The summed E-state index contributed by atoms with van der Waals surface area (Å²) in [5.74, 6) is -1.53. The van der Waals surface area contributed by atoms with Crippen molar-refractivity contribution in [3.8, 4) is 5.75 Å². The Morgan fingerprint density at radius 2 is 2.06 bits per heavy atom. The highest BCUT2D eigenvalue weighted by Crippen LogP contribution is 2.27. The third kappa shape index (κ3) is 2.87. The second-order valence-corrected chi connectivity index (χ2v) is 3.94. The normalized spacial score (nSPS) is 10.7. The molecule has 0 amide bonds. The Kier molecular flexibility index (Phi) is 3.73. The summed E-state index contributed by atoms with van der Waals surface area (Å²) in [6.07, 6.45) is 0.692. The van der Waals surface area contributed by atoms with E-state index >= 15 is 0 Å². The largest absolute Gasteiger partial charge is 0.505 e. The first-order chi connectivity index (χ1) is 7.41. The summed E-state index contributed by atoms with van der Waals surface area (Å²) < 4.78 is 0. The summed E-state index contributed by atoms with van der Waals surface area (Å²) in [6, 6.07) is 3.06. The maximum Gasteiger partial charge on any atom is 0.339 e. The number of benzene rings is 1. The van der Waals surface area contributed by atoms with Crippen LogP contribution in [0.25, 0.3) is 0 Å². The van der Waals surface area contributed by atoms with E-state index in [1.165, 1.54) is 6.07 Å². The molecule has 0 aliphatic rings. The highest BCUT2D eigenvalue weighted by Gasteiger charge is 2.13. The van der Waals surface area contributed by atoms with E-state index in [1.54, 1.807) is 6.07 Å². The van der Waals surface area contributed by atoms with E-state index in [0.717, 1.165) is 12.1 Å². The van der Waals surface area contributed by atoms with E-state index < -0.39 is 5.97 Å². The lowest BCUT2D eigenvalue weighted by Crippen LogP contribution is -2.15. The second-order valence-electron chi connectivity index (χ2n) is 3.94. The quantitative estimate of drug-likeness (QED) is 0.519. The molecule has 5 heteroatoms. The number of phenols is 1. The third-order valence-electron chi connectivity index (χ3n) is 2.28. The van der Waals surface area contributed by atoms with Gasteiger partial charge in [0.2, 0.25) is 0 Å². The monoisotopic (exact) mass is 224 g/mol. The van der Waals surface area contributed by atoms with Gasteiger partial charge < -0.3 is 20.8 Å². The minimum atomic E-state index is -1.17. The first-order valence-electron chi connectivity index (χ1n) is 4.91. The zero-order chi connectivity index (χ0) is 12.3. The van der Waals surface area contributed by atoms with Gasteiger partial charge >= 0.3 is 5.97 Å². The maximum atomic E-state index is 10.8. The van der Waals surface area contributed by atoms with Crippen LogP contribution in [0.4, 0.5) is 5.69 Å². The lowest BCUT2D eigenvalue weighted by molar-refractivity contribution is 0.0693. The van der Waals surface area contributed by atoms with Crippen LogP contribution >= 0.6 is 0 Å². The second kappa shape index (κ2) is 4.85. The van der Waals surface area contributed by atoms with Crippen molar-refractivity contribution in [1.29, 1.82) is 0 Å². The Bertz CT molecular complexity index is 402. The molecule has 1 aromatic rings. The van der Waals surface area contributed by atoms with Crippen LogP contribution in [-0.2, 0) is 6.42 Å². The van der Waals surface area contributed by atoms with Gasteiger partial charge in [-0.2, -0.15) is 0 Å². The van der Waals surface area contributed by atoms with Crippen molar-refractivity contribution in [3.05, 3.63) is 23.3 Å². The number of nitrogens with zero attached hydrogens (tertiary/aromatic N) is 1. The molecule has 0 radical (unpaired) electrons. The fraction of sp³-hybridized carbons (Fsp3) is 0.364. The van der Waals surface area contributed by atoms with Gasteiger partial charge in [-0.05, 0) is 38.2 Å². The molecule has 16 heavy (non-hydrogen) atoms. The highest BCUT2D eigenvalue weighted by atomic mass is 16.4. The van der Waals surface area contributed by atoms with E-state index in [1.807, 2.05) is 19.0 Å². The van der Waals surface area contributed by atoms with Gasteiger partial charge in [-0.3, -0.25) is 0 Å². The number of rotatable bonds is 4. The zero-order valence-electron chi connectivity index (χ0n) is 9.40. The van der Waals surface area contributed by atoms with Crippen LogP contribution in [0.2, 0.25) is 0 Å². The summed E-state index contributed by atoms with van der Waals surface area (Å²) in [7, 11) is 3.86. The number of carbonyl (C=O) groups is 1. The molecule has 0 aliphatic carbocycles.